The lowest BCUT2D eigenvalue weighted by Gasteiger charge is -2.20. The Morgan fingerprint density at radius 3 is 2.96 bits per heavy atom. The number of halogens is 1. The fourth-order valence-corrected chi connectivity index (χ4v) is 3.63. The number of nitrogens with zero attached hydrogens (tertiary/aromatic N) is 1. The first kappa shape index (κ1) is 17.8. The summed E-state index contributed by atoms with van der Waals surface area (Å²) in [5, 5.41) is 16.5. The molecule has 8 heteroatoms. The van der Waals surface area contributed by atoms with Crippen molar-refractivity contribution in [1.29, 1.82) is 0 Å². The first-order valence-corrected chi connectivity index (χ1v) is 9.17. The first-order valence-electron chi connectivity index (χ1n) is 9.17. The molecule has 0 aromatic carbocycles. The highest BCUT2D eigenvalue weighted by atomic mass is 19.1. The summed E-state index contributed by atoms with van der Waals surface area (Å²) in [5.74, 6) is -0.357. The van der Waals surface area contributed by atoms with Gasteiger partial charge in [-0.05, 0) is 18.9 Å². The van der Waals surface area contributed by atoms with Gasteiger partial charge in [0.15, 0.2) is 0 Å². The van der Waals surface area contributed by atoms with Crippen LogP contribution in [0.3, 0.4) is 0 Å². The van der Waals surface area contributed by atoms with Crippen molar-refractivity contribution in [2.75, 3.05) is 6.54 Å². The summed E-state index contributed by atoms with van der Waals surface area (Å²) in [6.07, 6.45) is 3.77. The molecular formula is C18H24FN3O4. The average Bonchev–Trinajstić information content (AvgIpc) is 3.26. The van der Waals surface area contributed by atoms with Crippen molar-refractivity contribution < 1.29 is 23.8 Å². The second-order valence-corrected chi connectivity index (χ2v) is 7.31. The third-order valence-corrected chi connectivity index (χ3v) is 5.15. The minimum atomic E-state index is -0.758. The topological polar surface area (TPSA) is 92.7 Å². The molecule has 1 saturated carbocycles. The molecule has 3 fully saturated rings. The van der Waals surface area contributed by atoms with E-state index >= 15 is 0 Å². The Hall–Kier alpha value is -1.61. The molecule has 3 N–H and O–H groups in total. The van der Waals surface area contributed by atoms with Crippen LogP contribution in [0.2, 0.25) is 0 Å². The molecule has 2 saturated heterocycles. The second-order valence-electron chi connectivity index (χ2n) is 7.31. The van der Waals surface area contributed by atoms with E-state index in [9.17, 15) is 14.3 Å². The van der Waals surface area contributed by atoms with Crippen molar-refractivity contribution in [2.24, 2.45) is 0 Å². The number of nitrogens with one attached hydrogen (secondary N) is 2. The van der Waals surface area contributed by atoms with Gasteiger partial charge in [-0.1, -0.05) is 0 Å². The van der Waals surface area contributed by atoms with Crippen LogP contribution in [-0.4, -0.2) is 59.1 Å². The van der Waals surface area contributed by atoms with Gasteiger partial charge in [-0.2, -0.15) is 0 Å². The monoisotopic (exact) mass is 365 g/mol. The van der Waals surface area contributed by atoms with E-state index in [1.165, 1.54) is 6.20 Å². The number of carbonyl (C=O) groups is 1. The molecule has 1 amide bonds. The molecule has 1 aliphatic carbocycles. The van der Waals surface area contributed by atoms with E-state index in [1.54, 1.807) is 12.3 Å². The predicted octanol–water partition coefficient (Wildman–Crippen LogP) is 0.265. The third-order valence-electron chi connectivity index (χ3n) is 5.15. The predicted molar refractivity (Wildman–Crippen MR) is 89.6 cm³/mol. The minimum absolute atomic E-state index is 0.00422. The van der Waals surface area contributed by atoms with Crippen LogP contribution in [0.5, 0.6) is 0 Å². The lowest BCUT2D eigenvalue weighted by atomic mass is 10.1. The van der Waals surface area contributed by atoms with Gasteiger partial charge in [0.2, 0.25) is 5.91 Å². The van der Waals surface area contributed by atoms with Crippen LogP contribution in [-0.2, 0) is 20.8 Å². The van der Waals surface area contributed by atoms with Gasteiger partial charge in [-0.15, -0.1) is 0 Å². The van der Waals surface area contributed by atoms with Crippen LogP contribution >= 0.6 is 0 Å². The van der Waals surface area contributed by atoms with Crippen molar-refractivity contribution in [3.63, 3.8) is 0 Å². The van der Waals surface area contributed by atoms with Gasteiger partial charge in [0.1, 0.15) is 18.0 Å². The van der Waals surface area contributed by atoms with Gasteiger partial charge in [-0.3, -0.25) is 9.78 Å². The van der Waals surface area contributed by atoms with Gasteiger partial charge < -0.3 is 25.2 Å². The second kappa shape index (κ2) is 7.56. The van der Waals surface area contributed by atoms with Gasteiger partial charge in [0, 0.05) is 37.3 Å². The average molecular weight is 365 g/mol. The van der Waals surface area contributed by atoms with Crippen LogP contribution < -0.4 is 10.6 Å². The number of carbonyl (C=O) groups excluding carboxylic acids is 1. The molecule has 5 atom stereocenters. The third kappa shape index (κ3) is 4.03. The number of aromatic nitrogens is 1. The van der Waals surface area contributed by atoms with Gasteiger partial charge in [-0.25, -0.2) is 4.39 Å². The highest BCUT2D eigenvalue weighted by Crippen LogP contribution is 2.35. The molecule has 142 valence electrons. The number of amides is 1. The Bertz CT molecular complexity index is 657. The Morgan fingerprint density at radius 2 is 2.23 bits per heavy atom. The molecule has 7 nitrogen and oxygen atoms in total. The molecule has 3 aliphatic rings. The van der Waals surface area contributed by atoms with Crippen LogP contribution in [0.4, 0.5) is 4.39 Å². The lowest BCUT2D eigenvalue weighted by Crippen LogP contribution is -2.39. The smallest absolute Gasteiger partial charge is 0.222 e. The number of fused-ring (bicyclic) bond motifs is 1. The molecule has 2 aliphatic heterocycles. The van der Waals surface area contributed by atoms with Crippen LogP contribution in [0.25, 0.3) is 0 Å². The standard InChI is InChI=1S/C18H24FN3O4/c19-13-8-20-4-3-10(13)7-21-9-15-17(24)18-14(26-15)5-12(25-18)6-16(23)22-11-1-2-11/h3-4,8,11-12,14-15,17-18,21,24H,1-2,5-7,9H2,(H,22,23). The Balaban J connectivity index is 1.21. The van der Waals surface area contributed by atoms with Crippen LogP contribution in [0.1, 0.15) is 31.2 Å². The number of aliphatic hydroxyl groups excluding tert-OH is 1. The van der Waals surface area contributed by atoms with E-state index < -0.39 is 18.3 Å². The van der Waals surface area contributed by atoms with E-state index in [-0.39, 0.29) is 23.9 Å². The van der Waals surface area contributed by atoms with Crippen molar-refractivity contribution in [1.82, 2.24) is 15.6 Å². The summed E-state index contributed by atoms with van der Waals surface area (Å²) in [6.45, 7) is 0.729. The van der Waals surface area contributed by atoms with Crippen molar-refractivity contribution in [2.45, 2.75) is 68.8 Å². The minimum Gasteiger partial charge on any atom is -0.388 e. The maximum atomic E-state index is 13.5. The molecule has 5 unspecified atom stereocenters. The summed E-state index contributed by atoms with van der Waals surface area (Å²) in [7, 11) is 0. The molecule has 4 rings (SSSR count). The number of ether oxygens (including phenoxy) is 2. The molecule has 0 bridgehead atoms. The number of hydrogen-bond donors (Lipinski definition) is 3. The van der Waals surface area contributed by atoms with E-state index in [0.717, 1.165) is 12.8 Å². The van der Waals surface area contributed by atoms with Crippen molar-refractivity contribution >= 4 is 5.91 Å². The Morgan fingerprint density at radius 1 is 1.38 bits per heavy atom. The normalized spacial score (nSPS) is 33.2. The quantitative estimate of drug-likeness (QED) is 0.642. The number of hydrogen-bond acceptors (Lipinski definition) is 6. The zero-order chi connectivity index (χ0) is 18.1. The van der Waals surface area contributed by atoms with Crippen molar-refractivity contribution in [3.8, 4) is 0 Å². The van der Waals surface area contributed by atoms with Crippen molar-refractivity contribution in [3.05, 3.63) is 29.8 Å². The van der Waals surface area contributed by atoms with E-state index in [2.05, 4.69) is 15.6 Å². The van der Waals surface area contributed by atoms with Gasteiger partial charge >= 0.3 is 0 Å². The first-order chi connectivity index (χ1) is 12.6. The summed E-state index contributed by atoms with van der Waals surface area (Å²) < 4.78 is 25.3. The molecule has 1 aromatic rings. The molecule has 1 aromatic heterocycles. The largest absolute Gasteiger partial charge is 0.388 e. The Kier molecular flexibility index (Phi) is 5.17. The van der Waals surface area contributed by atoms with Crippen LogP contribution in [0, 0.1) is 5.82 Å². The SMILES string of the molecule is O=C(CC1CC2OC(CNCc3ccncc3F)C(O)C2O1)NC1CC1. The zero-order valence-electron chi connectivity index (χ0n) is 14.4. The highest BCUT2D eigenvalue weighted by molar-refractivity contribution is 5.77. The number of aliphatic hydroxyl groups is 1. The maximum Gasteiger partial charge on any atom is 0.222 e. The van der Waals surface area contributed by atoms with Gasteiger partial charge in [0.25, 0.3) is 0 Å². The summed E-state index contributed by atoms with van der Waals surface area (Å²) in [6, 6.07) is 1.95. The number of pyridine rings is 1. The molecule has 0 spiro atoms. The van der Waals surface area contributed by atoms with E-state index in [0.29, 0.717) is 37.5 Å². The summed E-state index contributed by atoms with van der Waals surface area (Å²) in [4.78, 5) is 15.6. The summed E-state index contributed by atoms with van der Waals surface area (Å²) in [5.41, 5.74) is 0.519. The highest BCUT2D eigenvalue weighted by Gasteiger charge is 2.50. The summed E-state index contributed by atoms with van der Waals surface area (Å²) >= 11 is 0. The molecular weight excluding hydrogens is 341 g/mol. The fourth-order valence-electron chi connectivity index (χ4n) is 3.63. The lowest BCUT2D eigenvalue weighted by molar-refractivity contribution is -0.124. The molecule has 26 heavy (non-hydrogen) atoms. The molecule has 0 radical (unpaired) electrons. The Labute approximate surface area is 151 Å². The van der Waals surface area contributed by atoms with E-state index in [1.807, 2.05) is 0 Å². The number of rotatable bonds is 7. The fraction of sp³-hybridized carbons (Fsp3) is 0.667. The zero-order valence-corrected chi connectivity index (χ0v) is 14.4. The van der Waals surface area contributed by atoms with E-state index in [4.69, 9.17) is 9.47 Å². The van der Waals surface area contributed by atoms with Gasteiger partial charge in [0.05, 0.1) is 30.9 Å². The molecule has 3 heterocycles. The maximum absolute atomic E-state index is 13.5. The van der Waals surface area contributed by atoms with Crippen LogP contribution in [0.15, 0.2) is 18.5 Å².